The van der Waals surface area contributed by atoms with Crippen LogP contribution in [-0.4, -0.2) is 56.9 Å². The molecule has 9 heteroatoms. The number of nitrogens with one attached hydrogen (secondary N) is 2. The number of benzene rings is 4. The molecule has 0 aliphatic carbocycles. The van der Waals surface area contributed by atoms with Gasteiger partial charge >= 0.3 is 0 Å². The summed E-state index contributed by atoms with van der Waals surface area (Å²) >= 11 is 0. The maximum atomic E-state index is 14.0. The Labute approximate surface area is 303 Å². The van der Waals surface area contributed by atoms with Crippen molar-refractivity contribution in [1.82, 2.24) is 23.7 Å². The second kappa shape index (κ2) is 12.4. The minimum atomic E-state index is -0.0582. The van der Waals surface area contributed by atoms with Crippen LogP contribution in [0.15, 0.2) is 82.9 Å². The number of fused-ring (bicyclic) bond motifs is 4. The molecular formula is C43H47N7O2. The molecule has 0 aliphatic rings. The molecule has 0 radical (unpaired) electrons. The highest BCUT2D eigenvalue weighted by atomic mass is 16.1. The third-order valence-corrected chi connectivity index (χ3v) is 10.7. The zero-order chi connectivity index (χ0) is 36.5. The number of pyridine rings is 2. The lowest BCUT2D eigenvalue weighted by Gasteiger charge is -2.20. The van der Waals surface area contributed by atoms with Gasteiger partial charge in [0.05, 0.1) is 43.9 Å². The Bertz CT molecular complexity index is 2540. The van der Waals surface area contributed by atoms with Gasteiger partial charge in [-0.15, -0.1) is 0 Å². The van der Waals surface area contributed by atoms with E-state index in [9.17, 15) is 9.59 Å². The van der Waals surface area contributed by atoms with E-state index in [1.807, 2.05) is 36.9 Å². The number of aromatic nitrogens is 4. The molecule has 4 aromatic heterocycles. The van der Waals surface area contributed by atoms with E-state index in [1.54, 1.807) is 0 Å². The van der Waals surface area contributed by atoms with E-state index in [2.05, 4.69) is 119 Å². The first-order chi connectivity index (χ1) is 24.8. The van der Waals surface area contributed by atoms with Crippen molar-refractivity contribution in [2.75, 3.05) is 43.9 Å². The van der Waals surface area contributed by atoms with Crippen LogP contribution in [0.5, 0.6) is 0 Å². The van der Waals surface area contributed by atoms with Gasteiger partial charge in [-0.3, -0.25) is 18.4 Å². The summed E-state index contributed by atoms with van der Waals surface area (Å²) in [6.07, 6.45) is 5.50. The summed E-state index contributed by atoms with van der Waals surface area (Å²) in [7, 11) is 2.14. The zero-order valence-corrected chi connectivity index (χ0v) is 31.2. The fraction of sp³-hybridized carbons (Fsp3) is 0.349. The summed E-state index contributed by atoms with van der Waals surface area (Å²) in [5.74, 6) is 0. The van der Waals surface area contributed by atoms with Crippen molar-refractivity contribution in [3.8, 4) is 0 Å². The molecule has 8 aromatic rings. The molecule has 0 unspecified atom stereocenters. The summed E-state index contributed by atoms with van der Waals surface area (Å²) < 4.78 is 4.11. The number of hydrogen-bond donors (Lipinski definition) is 2. The lowest BCUT2D eigenvalue weighted by Crippen LogP contribution is -2.24. The highest BCUT2D eigenvalue weighted by Gasteiger charge is 2.21. The van der Waals surface area contributed by atoms with Crippen LogP contribution in [0.4, 0.5) is 11.4 Å². The Morgan fingerprint density at radius 1 is 0.615 bits per heavy atom. The molecule has 0 aliphatic heterocycles. The largest absolute Gasteiger partial charge is 0.384 e. The summed E-state index contributed by atoms with van der Waals surface area (Å²) in [6, 6.07) is 20.4. The van der Waals surface area contributed by atoms with Crippen LogP contribution in [0.25, 0.3) is 54.6 Å². The maximum absolute atomic E-state index is 14.0. The third-order valence-electron chi connectivity index (χ3n) is 10.7. The maximum Gasteiger partial charge on any atom is 0.199 e. The normalized spacial score (nSPS) is 12.9. The molecule has 4 aromatic carbocycles. The summed E-state index contributed by atoms with van der Waals surface area (Å²) in [6.45, 7) is 16.3. The molecule has 266 valence electrons. The molecule has 0 bridgehead atoms. The topological polar surface area (TPSA) is 96.0 Å². The van der Waals surface area contributed by atoms with Crippen molar-refractivity contribution in [3.05, 3.63) is 105 Å². The number of imidazole rings is 2. The van der Waals surface area contributed by atoms with Crippen LogP contribution in [-0.2, 0) is 10.8 Å². The molecule has 0 spiro atoms. The highest BCUT2D eigenvalue weighted by molar-refractivity contribution is 6.08. The second-order valence-electron chi connectivity index (χ2n) is 16.4. The van der Waals surface area contributed by atoms with E-state index < -0.39 is 0 Å². The van der Waals surface area contributed by atoms with Crippen molar-refractivity contribution in [3.63, 3.8) is 0 Å². The van der Waals surface area contributed by atoms with E-state index in [0.717, 1.165) is 105 Å². The summed E-state index contributed by atoms with van der Waals surface area (Å²) in [5.41, 5.74) is 9.13. The van der Waals surface area contributed by atoms with Crippen LogP contribution in [0.2, 0.25) is 0 Å². The van der Waals surface area contributed by atoms with Gasteiger partial charge in [0.1, 0.15) is 12.7 Å². The minimum absolute atomic E-state index is 0.0464. The standard InChI is InChI=1S/C43H47N7O2/c1-42(2,3)26-10-16-34-28(22-26)40(51)36-30(12-14-32-38(36)49(34)24-46-32)44-18-8-20-48(7)21-9-19-45-31-13-15-33-39-37(31)41(52)29-23-27(43(4,5)6)11-17-35(29)50(39)25-47-33/h10-17,22-25,44-45H,8-9,18-21H2,1-7H3. The van der Waals surface area contributed by atoms with Crippen molar-refractivity contribution in [2.24, 2.45) is 0 Å². The molecule has 9 nitrogen and oxygen atoms in total. The molecule has 2 N–H and O–H groups in total. The van der Waals surface area contributed by atoms with Gasteiger partial charge in [0.2, 0.25) is 0 Å². The lowest BCUT2D eigenvalue weighted by atomic mass is 9.86. The lowest BCUT2D eigenvalue weighted by molar-refractivity contribution is 0.331. The fourth-order valence-electron chi connectivity index (χ4n) is 7.65. The summed E-state index contributed by atoms with van der Waals surface area (Å²) in [4.78, 5) is 39.6. The van der Waals surface area contributed by atoms with Gasteiger partial charge in [0.25, 0.3) is 0 Å². The van der Waals surface area contributed by atoms with E-state index >= 15 is 0 Å². The molecule has 0 amide bonds. The van der Waals surface area contributed by atoms with Crippen LogP contribution < -0.4 is 21.5 Å². The van der Waals surface area contributed by atoms with Crippen LogP contribution >= 0.6 is 0 Å². The van der Waals surface area contributed by atoms with E-state index in [-0.39, 0.29) is 21.7 Å². The highest BCUT2D eigenvalue weighted by Crippen LogP contribution is 2.33. The monoisotopic (exact) mass is 693 g/mol. The SMILES string of the molecule is CN(CCCNc1ccc2ncn3c4ccc(C(C)(C)C)cc4c(=O)c1c23)CCCNc1ccc2ncn3c4ccc(C(C)(C)C)cc4c(=O)c1c23. The van der Waals surface area contributed by atoms with Crippen LogP contribution in [0, 0.1) is 0 Å². The Morgan fingerprint density at radius 3 is 1.44 bits per heavy atom. The first kappa shape index (κ1) is 33.8. The number of rotatable bonds is 10. The third kappa shape index (κ3) is 5.68. The fourth-order valence-corrected chi connectivity index (χ4v) is 7.65. The second-order valence-corrected chi connectivity index (χ2v) is 16.4. The number of nitrogens with zero attached hydrogens (tertiary/aromatic N) is 5. The van der Waals surface area contributed by atoms with Crippen molar-refractivity contribution < 1.29 is 0 Å². The quantitative estimate of drug-likeness (QED) is 0.111. The number of anilines is 2. The molecule has 0 fully saturated rings. The molecule has 0 saturated carbocycles. The predicted molar refractivity (Wildman–Crippen MR) is 216 cm³/mol. The first-order valence-corrected chi connectivity index (χ1v) is 18.4. The van der Waals surface area contributed by atoms with E-state index in [1.165, 1.54) is 0 Å². The smallest absolute Gasteiger partial charge is 0.199 e. The van der Waals surface area contributed by atoms with Crippen molar-refractivity contribution in [2.45, 2.75) is 65.2 Å². The van der Waals surface area contributed by atoms with E-state index in [4.69, 9.17) is 0 Å². The molecule has 4 heterocycles. The minimum Gasteiger partial charge on any atom is -0.384 e. The van der Waals surface area contributed by atoms with Gasteiger partial charge in [-0.05, 0) is 103 Å². The van der Waals surface area contributed by atoms with Crippen molar-refractivity contribution >= 4 is 66.0 Å². The zero-order valence-electron chi connectivity index (χ0n) is 31.2. The van der Waals surface area contributed by atoms with Crippen LogP contribution in [0.1, 0.15) is 65.5 Å². The average molecular weight is 694 g/mol. The Morgan fingerprint density at radius 2 is 1.04 bits per heavy atom. The number of hydrogen-bond acceptors (Lipinski definition) is 7. The van der Waals surface area contributed by atoms with Gasteiger partial charge in [0, 0.05) is 35.2 Å². The van der Waals surface area contributed by atoms with E-state index in [0.29, 0.717) is 10.8 Å². The first-order valence-electron chi connectivity index (χ1n) is 18.4. The predicted octanol–water partition coefficient (Wildman–Crippen LogP) is 8.02. The summed E-state index contributed by atoms with van der Waals surface area (Å²) in [5, 5.41) is 9.99. The van der Waals surface area contributed by atoms with Gasteiger partial charge < -0.3 is 15.5 Å². The van der Waals surface area contributed by atoms with Gasteiger partial charge in [-0.1, -0.05) is 53.7 Å². The molecule has 8 rings (SSSR count). The molecule has 0 saturated heterocycles. The Balaban J connectivity index is 0.922. The molecular weight excluding hydrogens is 647 g/mol. The Kier molecular flexibility index (Phi) is 8.10. The van der Waals surface area contributed by atoms with Gasteiger partial charge in [-0.2, -0.15) is 0 Å². The van der Waals surface area contributed by atoms with Gasteiger partial charge in [-0.25, -0.2) is 9.97 Å². The van der Waals surface area contributed by atoms with Crippen LogP contribution in [0.3, 0.4) is 0 Å². The Hall–Kier alpha value is -5.28. The average Bonchev–Trinajstić information content (AvgIpc) is 3.74. The van der Waals surface area contributed by atoms with Gasteiger partial charge in [0.15, 0.2) is 10.9 Å². The van der Waals surface area contributed by atoms with Crippen molar-refractivity contribution in [1.29, 1.82) is 0 Å². The molecule has 0 atom stereocenters. The molecule has 52 heavy (non-hydrogen) atoms.